The molecule has 1 saturated heterocycles. The second-order valence-corrected chi connectivity index (χ2v) is 8.88. The molecule has 0 bridgehead atoms. The number of benzene rings is 2. The molecule has 2 aliphatic rings. The maximum atomic E-state index is 13.2. The number of carbonyl (C=O) groups is 2. The van der Waals surface area contributed by atoms with E-state index in [1.54, 1.807) is 37.4 Å². The third kappa shape index (κ3) is 5.18. The molecule has 32 heavy (non-hydrogen) atoms. The van der Waals surface area contributed by atoms with Gasteiger partial charge in [-0.15, -0.1) is 0 Å². The maximum Gasteiger partial charge on any atom is 0.322 e. The van der Waals surface area contributed by atoms with E-state index < -0.39 is 6.04 Å². The van der Waals surface area contributed by atoms with Gasteiger partial charge in [-0.05, 0) is 73.5 Å². The smallest absolute Gasteiger partial charge is 0.322 e. The van der Waals surface area contributed by atoms with Crippen LogP contribution in [0.25, 0.3) is 0 Å². The Morgan fingerprint density at radius 2 is 1.81 bits per heavy atom. The summed E-state index contributed by atoms with van der Waals surface area (Å²) in [5.74, 6) is -0.265. The summed E-state index contributed by atoms with van der Waals surface area (Å²) in [6, 6.07) is 9.56. The number of fused-ring (bicyclic) bond motifs is 1. The van der Waals surface area contributed by atoms with Crippen molar-refractivity contribution < 1.29 is 14.3 Å². The van der Waals surface area contributed by atoms with E-state index in [1.807, 2.05) is 6.07 Å². The van der Waals surface area contributed by atoms with Gasteiger partial charge >= 0.3 is 6.03 Å². The minimum Gasteiger partial charge on any atom is -0.380 e. The number of amides is 3. The lowest BCUT2D eigenvalue weighted by Crippen LogP contribution is -2.45. The van der Waals surface area contributed by atoms with E-state index in [0.29, 0.717) is 34.4 Å². The fraction of sp³-hybridized carbons (Fsp3) is 0.391. The van der Waals surface area contributed by atoms with Gasteiger partial charge in [-0.2, -0.15) is 0 Å². The van der Waals surface area contributed by atoms with E-state index in [2.05, 4.69) is 16.0 Å². The molecule has 0 saturated carbocycles. The topological polar surface area (TPSA) is 82.7 Å². The quantitative estimate of drug-likeness (QED) is 0.623. The largest absolute Gasteiger partial charge is 0.380 e. The lowest BCUT2D eigenvalue weighted by atomic mass is 10.0. The third-order valence-corrected chi connectivity index (χ3v) is 6.52. The Morgan fingerprint density at radius 1 is 1.06 bits per heavy atom. The zero-order valence-electron chi connectivity index (χ0n) is 17.8. The number of nitrogens with zero attached hydrogens (tertiary/aromatic N) is 1. The van der Waals surface area contributed by atoms with Crippen LogP contribution >= 0.6 is 23.2 Å². The third-order valence-electron chi connectivity index (χ3n) is 5.93. The molecule has 0 aromatic heterocycles. The maximum absolute atomic E-state index is 13.2. The van der Waals surface area contributed by atoms with Crippen molar-refractivity contribution >= 4 is 46.5 Å². The molecule has 2 aromatic rings. The van der Waals surface area contributed by atoms with Gasteiger partial charge in [0, 0.05) is 41.5 Å². The number of halogens is 2. The van der Waals surface area contributed by atoms with Crippen LogP contribution in [0.5, 0.6) is 0 Å². The lowest BCUT2D eigenvalue weighted by molar-refractivity contribution is -0.119. The fourth-order valence-electron chi connectivity index (χ4n) is 4.23. The van der Waals surface area contributed by atoms with Crippen molar-refractivity contribution in [3.05, 3.63) is 57.6 Å². The van der Waals surface area contributed by atoms with Gasteiger partial charge in [0.05, 0.1) is 6.10 Å². The van der Waals surface area contributed by atoms with Gasteiger partial charge in [-0.25, -0.2) is 4.79 Å². The SMILES string of the molecule is COC1CC(C(=O)Nc2cc(Cl)c3c(c2)CCNCC3)N(C(=O)Nc2ccc(Cl)cc2)C1. The van der Waals surface area contributed by atoms with E-state index in [0.717, 1.165) is 37.1 Å². The molecular weight excluding hydrogens is 451 g/mol. The first-order valence-corrected chi connectivity index (χ1v) is 11.4. The van der Waals surface area contributed by atoms with Crippen LogP contribution in [0.1, 0.15) is 17.5 Å². The molecule has 0 spiro atoms. The number of carbonyl (C=O) groups excluding carboxylic acids is 2. The van der Waals surface area contributed by atoms with Crippen molar-refractivity contribution in [2.75, 3.05) is 37.4 Å². The van der Waals surface area contributed by atoms with Crippen LogP contribution in [0, 0.1) is 0 Å². The summed E-state index contributed by atoms with van der Waals surface area (Å²) in [5, 5.41) is 10.4. The Morgan fingerprint density at radius 3 is 2.56 bits per heavy atom. The molecule has 0 aliphatic carbocycles. The minimum atomic E-state index is -0.661. The number of methoxy groups -OCH3 is 1. The van der Waals surface area contributed by atoms with Crippen LogP contribution in [0.2, 0.25) is 10.0 Å². The highest BCUT2D eigenvalue weighted by Gasteiger charge is 2.40. The van der Waals surface area contributed by atoms with Crippen LogP contribution in [-0.2, 0) is 22.4 Å². The first-order chi connectivity index (χ1) is 15.4. The van der Waals surface area contributed by atoms with Gasteiger partial charge < -0.3 is 25.6 Å². The van der Waals surface area contributed by atoms with Crippen molar-refractivity contribution in [3.63, 3.8) is 0 Å². The van der Waals surface area contributed by atoms with Gasteiger partial charge in [0.25, 0.3) is 0 Å². The standard InChI is InChI=1S/C23H26Cl2N4O3/c1-32-18-12-21(29(13-18)23(31)28-16-4-2-15(24)3-5-16)22(30)27-17-10-14-6-8-26-9-7-19(14)20(25)11-17/h2-5,10-11,18,21,26H,6-9,12-13H2,1H3,(H,27,30)(H,28,31). The van der Waals surface area contributed by atoms with Gasteiger partial charge in [0.1, 0.15) is 6.04 Å². The number of anilines is 2. The van der Waals surface area contributed by atoms with Gasteiger partial charge in [-0.3, -0.25) is 4.79 Å². The zero-order chi connectivity index (χ0) is 22.7. The Labute approximate surface area is 197 Å². The fourth-order valence-corrected chi connectivity index (χ4v) is 4.68. The lowest BCUT2D eigenvalue weighted by Gasteiger charge is -2.24. The Kier molecular flexibility index (Phi) is 7.20. The second kappa shape index (κ2) is 10.1. The number of nitrogens with one attached hydrogen (secondary N) is 3. The number of urea groups is 1. The van der Waals surface area contributed by atoms with Crippen molar-refractivity contribution in [2.45, 2.75) is 31.4 Å². The second-order valence-electron chi connectivity index (χ2n) is 8.03. The predicted molar refractivity (Wildman–Crippen MR) is 127 cm³/mol. The Bertz CT molecular complexity index is 999. The van der Waals surface area contributed by atoms with Crippen LogP contribution in [0.4, 0.5) is 16.2 Å². The normalized spacial score (nSPS) is 20.4. The number of likely N-dealkylation sites (tertiary alicyclic amines) is 1. The molecule has 3 N–H and O–H groups in total. The predicted octanol–water partition coefficient (Wildman–Crippen LogP) is 3.94. The molecule has 2 atom stereocenters. The number of rotatable bonds is 4. The first kappa shape index (κ1) is 22.9. The van der Waals surface area contributed by atoms with Crippen molar-refractivity contribution in [3.8, 4) is 0 Å². The molecule has 3 amide bonds. The number of hydrogen-bond acceptors (Lipinski definition) is 4. The van der Waals surface area contributed by atoms with E-state index in [9.17, 15) is 9.59 Å². The van der Waals surface area contributed by atoms with Crippen molar-refractivity contribution in [1.82, 2.24) is 10.2 Å². The van der Waals surface area contributed by atoms with Gasteiger partial charge in [0.2, 0.25) is 5.91 Å². The van der Waals surface area contributed by atoms with E-state index in [-0.39, 0.29) is 18.0 Å². The average molecular weight is 477 g/mol. The molecule has 0 radical (unpaired) electrons. The summed E-state index contributed by atoms with van der Waals surface area (Å²) in [4.78, 5) is 27.6. The van der Waals surface area contributed by atoms with Crippen LogP contribution in [0.15, 0.2) is 36.4 Å². The minimum absolute atomic E-state index is 0.219. The van der Waals surface area contributed by atoms with E-state index in [1.165, 1.54) is 4.90 Å². The molecule has 170 valence electrons. The Hall–Kier alpha value is -2.32. The van der Waals surface area contributed by atoms with Crippen molar-refractivity contribution in [2.24, 2.45) is 0 Å². The zero-order valence-corrected chi connectivity index (χ0v) is 19.3. The summed E-state index contributed by atoms with van der Waals surface area (Å²) in [7, 11) is 1.58. The number of ether oxygens (including phenoxy) is 1. The van der Waals surface area contributed by atoms with E-state index in [4.69, 9.17) is 27.9 Å². The highest BCUT2D eigenvalue weighted by molar-refractivity contribution is 6.32. The molecule has 2 aromatic carbocycles. The molecule has 2 aliphatic heterocycles. The summed E-state index contributed by atoms with van der Waals surface area (Å²) in [6.45, 7) is 2.08. The highest BCUT2D eigenvalue weighted by atomic mass is 35.5. The summed E-state index contributed by atoms with van der Waals surface area (Å²) >= 11 is 12.4. The van der Waals surface area contributed by atoms with Crippen LogP contribution in [0.3, 0.4) is 0 Å². The molecule has 2 unspecified atom stereocenters. The summed E-state index contributed by atoms with van der Waals surface area (Å²) in [6.07, 6.45) is 1.91. The van der Waals surface area contributed by atoms with Crippen molar-refractivity contribution in [1.29, 1.82) is 0 Å². The molecule has 7 nitrogen and oxygen atoms in total. The number of hydrogen-bond donors (Lipinski definition) is 3. The van der Waals surface area contributed by atoms with Crippen LogP contribution < -0.4 is 16.0 Å². The molecule has 1 fully saturated rings. The molecular formula is C23H26Cl2N4O3. The van der Waals surface area contributed by atoms with E-state index >= 15 is 0 Å². The summed E-state index contributed by atoms with van der Waals surface area (Å²) in [5.41, 5.74) is 3.50. The average Bonchev–Trinajstić information content (AvgIpc) is 3.07. The molecule has 9 heteroatoms. The highest BCUT2D eigenvalue weighted by Crippen LogP contribution is 2.29. The van der Waals surface area contributed by atoms with Gasteiger partial charge in [-0.1, -0.05) is 23.2 Å². The van der Waals surface area contributed by atoms with Gasteiger partial charge in [0.15, 0.2) is 0 Å². The Balaban J connectivity index is 1.49. The monoisotopic (exact) mass is 476 g/mol. The first-order valence-electron chi connectivity index (χ1n) is 10.6. The summed E-state index contributed by atoms with van der Waals surface area (Å²) < 4.78 is 5.45. The molecule has 2 heterocycles. The van der Waals surface area contributed by atoms with Crippen LogP contribution in [-0.4, -0.2) is 55.7 Å². The molecule has 4 rings (SSSR count).